The number of hydrogen-bond donors (Lipinski definition) is 1. The molecular formula is C10H12N4O2S2. The van der Waals surface area contributed by atoms with E-state index >= 15 is 0 Å². The van der Waals surface area contributed by atoms with E-state index in [1.165, 1.54) is 23.1 Å². The summed E-state index contributed by atoms with van der Waals surface area (Å²) in [5.41, 5.74) is 1.86. The first kappa shape index (κ1) is 13.0. The number of carbonyl (C=O) groups is 1. The molecule has 0 radical (unpaired) electrons. The molecule has 0 saturated carbocycles. The molecule has 96 valence electrons. The second kappa shape index (κ2) is 5.49. The maximum Gasteiger partial charge on any atom is 0.304 e. The molecule has 18 heavy (non-hydrogen) atoms. The maximum atomic E-state index is 10.4. The average molecular weight is 284 g/mol. The van der Waals surface area contributed by atoms with Crippen LogP contribution in [0.4, 0.5) is 0 Å². The van der Waals surface area contributed by atoms with Crippen molar-refractivity contribution in [2.75, 3.05) is 5.75 Å². The van der Waals surface area contributed by atoms with Crippen LogP contribution in [-0.2, 0) is 11.8 Å². The summed E-state index contributed by atoms with van der Waals surface area (Å²) in [6.07, 6.45) is 0.127. The summed E-state index contributed by atoms with van der Waals surface area (Å²) in [6, 6.07) is 1.95. The number of aromatic nitrogens is 4. The normalized spacial score (nSPS) is 10.8. The Balaban J connectivity index is 2.03. The highest BCUT2D eigenvalue weighted by atomic mass is 32.2. The van der Waals surface area contributed by atoms with E-state index in [-0.39, 0.29) is 6.42 Å². The first-order valence-corrected chi connectivity index (χ1v) is 7.05. The molecule has 0 atom stereocenters. The van der Waals surface area contributed by atoms with Crippen molar-refractivity contribution >= 4 is 29.1 Å². The highest BCUT2D eigenvalue weighted by molar-refractivity contribution is 8.01. The molecule has 0 aliphatic carbocycles. The Bertz CT molecular complexity index is 544. The molecule has 2 heterocycles. The third-order valence-electron chi connectivity index (χ3n) is 2.28. The molecule has 2 aromatic heterocycles. The molecule has 0 saturated heterocycles. The Kier molecular flexibility index (Phi) is 3.97. The summed E-state index contributed by atoms with van der Waals surface area (Å²) >= 11 is 2.84. The quantitative estimate of drug-likeness (QED) is 0.843. The number of carboxylic acids is 1. The summed E-state index contributed by atoms with van der Waals surface area (Å²) in [7, 11) is 1.88. The van der Waals surface area contributed by atoms with E-state index in [0.29, 0.717) is 5.75 Å². The van der Waals surface area contributed by atoms with Crippen LogP contribution in [-0.4, -0.2) is 36.8 Å². The highest BCUT2D eigenvalue weighted by Gasteiger charge is 2.11. The number of rotatable bonds is 5. The Morgan fingerprint density at radius 3 is 2.94 bits per heavy atom. The second-order valence-corrected chi connectivity index (χ2v) is 5.98. The molecular weight excluding hydrogens is 272 g/mol. The molecule has 2 rings (SSSR count). The van der Waals surface area contributed by atoms with E-state index in [2.05, 4.69) is 15.3 Å². The smallest absolute Gasteiger partial charge is 0.304 e. The van der Waals surface area contributed by atoms with Crippen LogP contribution >= 0.6 is 23.1 Å². The minimum absolute atomic E-state index is 0.127. The van der Waals surface area contributed by atoms with Crippen LogP contribution in [0.1, 0.15) is 12.1 Å². The van der Waals surface area contributed by atoms with E-state index in [0.717, 1.165) is 20.7 Å². The number of thioether (sulfide) groups is 1. The van der Waals surface area contributed by atoms with Gasteiger partial charge in [0.15, 0.2) is 9.35 Å². The second-order valence-electron chi connectivity index (χ2n) is 3.66. The Labute approximate surface area is 112 Å². The number of hydrogen-bond acceptors (Lipinski definition) is 6. The molecule has 0 aliphatic rings. The zero-order valence-corrected chi connectivity index (χ0v) is 11.6. The van der Waals surface area contributed by atoms with Gasteiger partial charge in [-0.25, -0.2) is 0 Å². The van der Waals surface area contributed by atoms with E-state index < -0.39 is 5.97 Å². The lowest BCUT2D eigenvalue weighted by Crippen LogP contribution is -1.95. The average Bonchev–Trinajstić information content (AvgIpc) is 2.87. The number of nitrogens with zero attached hydrogens (tertiary/aromatic N) is 4. The van der Waals surface area contributed by atoms with Gasteiger partial charge in [-0.3, -0.25) is 9.48 Å². The van der Waals surface area contributed by atoms with Crippen molar-refractivity contribution in [2.24, 2.45) is 7.05 Å². The van der Waals surface area contributed by atoms with Gasteiger partial charge >= 0.3 is 5.97 Å². The Morgan fingerprint density at radius 2 is 2.33 bits per heavy atom. The number of aliphatic carboxylic acids is 1. The van der Waals surface area contributed by atoms with Gasteiger partial charge in [-0.1, -0.05) is 23.1 Å². The van der Waals surface area contributed by atoms with Gasteiger partial charge in [-0.15, -0.1) is 10.2 Å². The first-order valence-electron chi connectivity index (χ1n) is 5.25. The zero-order valence-electron chi connectivity index (χ0n) is 9.95. The van der Waals surface area contributed by atoms with Crippen LogP contribution < -0.4 is 0 Å². The van der Waals surface area contributed by atoms with Gasteiger partial charge in [0.1, 0.15) is 5.69 Å². The van der Waals surface area contributed by atoms with E-state index in [4.69, 9.17) is 5.11 Å². The van der Waals surface area contributed by atoms with Crippen molar-refractivity contribution in [3.8, 4) is 10.7 Å². The van der Waals surface area contributed by atoms with Crippen molar-refractivity contribution in [3.05, 3.63) is 11.8 Å². The van der Waals surface area contributed by atoms with Crippen LogP contribution in [0, 0.1) is 6.92 Å². The molecule has 0 aliphatic heterocycles. The van der Waals surface area contributed by atoms with Gasteiger partial charge < -0.3 is 5.11 Å². The van der Waals surface area contributed by atoms with E-state index in [1.807, 2.05) is 20.0 Å². The summed E-state index contributed by atoms with van der Waals surface area (Å²) in [5.74, 6) is -0.293. The standard InChI is InChI=1S/C10H12N4O2S2/c1-6-5-7(13-14(6)2)9-11-12-10(18-9)17-4-3-8(15)16/h5H,3-4H2,1-2H3,(H,15,16). The maximum absolute atomic E-state index is 10.4. The Hall–Kier alpha value is -1.41. The van der Waals surface area contributed by atoms with Crippen molar-refractivity contribution in [1.29, 1.82) is 0 Å². The Morgan fingerprint density at radius 1 is 1.56 bits per heavy atom. The lowest BCUT2D eigenvalue weighted by Gasteiger charge is -1.91. The predicted octanol–water partition coefficient (Wildman–Crippen LogP) is 1.81. The van der Waals surface area contributed by atoms with Crippen molar-refractivity contribution in [3.63, 3.8) is 0 Å². The highest BCUT2D eigenvalue weighted by Crippen LogP contribution is 2.29. The SMILES string of the molecule is Cc1cc(-c2nnc(SCCC(=O)O)s2)nn1C. The predicted molar refractivity (Wildman–Crippen MR) is 69.8 cm³/mol. The van der Waals surface area contributed by atoms with Crippen LogP contribution in [0.5, 0.6) is 0 Å². The number of carboxylic acid groups (broad SMARTS) is 1. The first-order chi connectivity index (χ1) is 8.56. The van der Waals surface area contributed by atoms with Gasteiger partial charge in [0, 0.05) is 18.5 Å². The minimum Gasteiger partial charge on any atom is -0.481 e. The van der Waals surface area contributed by atoms with Crippen LogP contribution in [0.3, 0.4) is 0 Å². The van der Waals surface area contributed by atoms with Crippen LogP contribution in [0.25, 0.3) is 10.7 Å². The van der Waals surface area contributed by atoms with Crippen LogP contribution in [0.15, 0.2) is 10.4 Å². The van der Waals surface area contributed by atoms with Gasteiger partial charge in [0.2, 0.25) is 0 Å². The molecule has 0 spiro atoms. The van der Waals surface area contributed by atoms with Gasteiger partial charge in [0.25, 0.3) is 0 Å². The summed E-state index contributed by atoms with van der Waals surface area (Å²) in [6.45, 7) is 1.97. The number of aryl methyl sites for hydroxylation is 2. The molecule has 0 amide bonds. The fourth-order valence-electron chi connectivity index (χ4n) is 1.26. The van der Waals surface area contributed by atoms with E-state index in [1.54, 1.807) is 4.68 Å². The van der Waals surface area contributed by atoms with Gasteiger partial charge in [0.05, 0.1) is 6.42 Å². The molecule has 1 N–H and O–H groups in total. The molecule has 2 aromatic rings. The fraction of sp³-hybridized carbons (Fsp3) is 0.400. The van der Waals surface area contributed by atoms with Gasteiger partial charge in [-0.05, 0) is 13.0 Å². The molecule has 8 heteroatoms. The molecule has 0 aromatic carbocycles. The lowest BCUT2D eigenvalue weighted by atomic mass is 10.4. The largest absolute Gasteiger partial charge is 0.481 e. The third kappa shape index (κ3) is 3.08. The zero-order chi connectivity index (χ0) is 13.1. The summed E-state index contributed by atoms with van der Waals surface area (Å²) in [5, 5.41) is 21.7. The summed E-state index contributed by atoms with van der Waals surface area (Å²) < 4.78 is 2.56. The van der Waals surface area contributed by atoms with E-state index in [9.17, 15) is 4.79 Å². The van der Waals surface area contributed by atoms with Crippen molar-refractivity contribution in [2.45, 2.75) is 17.7 Å². The van der Waals surface area contributed by atoms with Crippen LogP contribution in [0.2, 0.25) is 0 Å². The topological polar surface area (TPSA) is 80.9 Å². The van der Waals surface area contributed by atoms with Crippen molar-refractivity contribution < 1.29 is 9.90 Å². The third-order valence-corrected chi connectivity index (χ3v) is 4.36. The van der Waals surface area contributed by atoms with Crippen molar-refractivity contribution in [1.82, 2.24) is 20.0 Å². The lowest BCUT2D eigenvalue weighted by molar-refractivity contribution is -0.136. The molecule has 0 bridgehead atoms. The fourth-order valence-corrected chi connectivity index (χ4v) is 3.07. The minimum atomic E-state index is -0.799. The monoisotopic (exact) mass is 284 g/mol. The van der Waals surface area contributed by atoms with Gasteiger partial charge in [-0.2, -0.15) is 5.10 Å². The molecule has 6 nitrogen and oxygen atoms in total. The molecule has 0 unspecified atom stereocenters. The summed E-state index contributed by atoms with van der Waals surface area (Å²) in [4.78, 5) is 10.4. The molecule has 0 fully saturated rings.